The van der Waals surface area contributed by atoms with Gasteiger partial charge >= 0.3 is 6.80 Å². The summed E-state index contributed by atoms with van der Waals surface area (Å²) in [6.07, 6.45) is -2.08. The fourth-order valence-corrected chi connectivity index (χ4v) is 6.80. The van der Waals surface area contributed by atoms with Crippen LogP contribution in [0.3, 0.4) is 0 Å². The van der Waals surface area contributed by atoms with Crippen LogP contribution in [-0.4, -0.2) is 77.3 Å². The van der Waals surface area contributed by atoms with Gasteiger partial charge in [0.25, 0.3) is 0 Å². The van der Waals surface area contributed by atoms with Crippen molar-refractivity contribution >= 4 is 18.2 Å². The summed E-state index contributed by atoms with van der Waals surface area (Å²) in [7, 11) is 0. The molecular weight excluding hydrogens is 407 g/mol. The molecule has 8 nitrogen and oxygen atoms in total. The van der Waals surface area contributed by atoms with Gasteiger partial charge in [0.2, 0.25) is 0 Å². The maximum Gasteiger partial charge on any atom is 0.387 e. The average molecular weight is 443 g/mol. The van der Waals surface area contributed by atoms with Crippen molar-refractivity contribution in [2.45, 2.75) is 102 Å². The minimum absolute atomic E-state index is 0.00348. The lowest BCUT2D eigenvalue weighted by Crippen LogP contribution is -2.38. The summed E-state index contributed by atoms with van der Waals surface area (Å²) in [5.41, 5.74) is 0. The molecule has 3 unspecified atom stereocenters. The fourth-order valence-electron chi connectivity index (χ4n) is 3.37. The van der Waals surface area contributed by atoms with Crippen LogP contribution in [0.15, 0.2) is 0 Å². The zero-order valence-corrected chi connectivity index (χ0v) is 19.2. The second-order valence-corrected chi connectivity index (χ2v) is 12.1. The first-order valence-corrected chi connectivity index (χ1v) is 13.0. The first-order valence-electron chi connectivity index (χ1n) is 9.90. The van der Waals surface area contributed by atoms with Gasteiger partial charge in [0.1, 0.15) is 18.3 Å². The van der Waals surface area contributed by atoms with Crippen molar-refractivity contribution in [1.29, 1.82) is 0 Å². The lowest BCUT2D eigenvalue weighted by Gasteiger charge is -2.25. The number of rotatable bonds is 10. The molecule has 8 atom stereocenters. The molecule has 0 aromatic rings. The summed E-state index contributed by atoms with van der Waals surface area (Å²) in [4.78, 5) is 10.4. The molecule has 0 aliphatic carbocycles. The van der Waals surface area contributed by atoms with Gasteiger partial charge in [0.15, 0.2) is 0 Å². The quantitative estimate of drug-likeness (QED) is 0.494. The molecule has 0 spiro atoms. The molecule has 28 heavy (non-hydrogen) atoms. The molecule has 2 fully saturated rings. The van der Waals surface area contributed by atoms with E-state index in [0.717, 1.165) is 11.4 Å². The molecule has 2 aliphatic rings. The normalized spacial score (nSPS) is 38.4. The highest BCUT2D eigenvalue weighted by Gasteiger charge is 2.45. The van der Waals surface area contributed by atoms with Crippen molar-refractivity contribution in [3.05, 3.63) is 0 Å². The molecule has 10 heteroatoms. The number of hydrogen-bond donors (Lipinski definition) is 2. The lowest BCUT2D eigenvalue weighted by molar-refractivity contribution is -0.0752. The standard InChI is InChI=1S/C18H35O8PS/c1-10(2)22-8-14-16(7-12(5)25-14)28-27(20,21)23-9-15-18(24-11(3)4)17(19)13(6)26-15/h10-19H,7-9H2,1-6H3,(H,20,21)/t12-,13-,14+,15+,16?,17+,18?/m0/s1. The van der Waals surface area contributed by atoms with Crippen LogP contribution in [0, 0.1) is 0 Å². The summed E-state index contributed by atoms with van der Waals surface area (Å²) >= 11 is 0.898. The van der Waals surface area contributed by atoms with Crippen LogP contribution in [0.2, 0.25) is 0 Å². The largest absolute Gasteiger partial charge is 0.388 e. The van der Waals surface area contributed by atoms with E-state index in [1.165, 1.54) is 0 Å². The smallest absolute Gasteiger partial charge is 0.387 e. The van der Waals surface area contributed by atoms with E-state index < -0.39 is 31.2 Å². The molecule has 2 aliphatic heterocycles. The SMILES string of the molecule is CC(C)OC[C@H]1O[C@@H](C)CC1SP(=O)(O)OC[C@H]1O[C@@H](C)[C@@H](O)C1OC(C)C. The molecule has 2 saturated heterocycles. The summed E-state index contributed by atoms with van der Waals surface area (Å²) in [5.74, 6) is 0. The Labute approximate surface area is 171 Å². The Morgan fingerprint density at radius 2 is 1.79 bits per heavy atom. The highest BCUT2D eigenvalue weighted by Crippen LogP contribution is 2.60. The minimum atomic E-state index is -3.94. The van der Waals surface area contributed by atoms with Gasteiger partial charge in [-0.05, 0) is 59.3 Å². The number of hydrogen-bond acceptors (Lipinski definition) is 8. The minimum Gasteiger partial charge on any atom is -0.388 e. The van der Waals surface area contributed by atoms with E-state index >= 15 is 0 Å². The number of aliphatic hydroxyl groups excluding tert-OH is 1. The van der Waals surface area contributed by atoms with Crippen molar-refractivity contribution in [2.24, 2.45) is 0 Å². The Balaban J connectivity index is 1.90. The maximum absolute atomic E-state index is 12.6. The van der Waals surface area contributed by atoms with Crippen LogP contribution in [0.1, 0.15) is 48.0 Å². The second kappa shape index (κ2) is 10.6. The van der Waals surface area contributed by atoms with Crippen LogP contribution in [0.5, 0.6) is 0 Å². The van der Waals surface area contributed by atoms with E-state index in [9.17, 15) is 14.6 Å². The molecule has 2 N–H and O–H groups in total. The fraction of sp³-hybridized carbons (Fsp3) is 1.00. The number of aliphatic hydroxyl groups is 1. The Morgan fingerprint density at radius 1 is 1.11 bits per heavy atom. The summed E-state index contributed by atoms with van der Waals surface area (Å²) in [6.45, 7) is 7.58. The monoisotopic (exact) mass is 442 g/mol. The molecule has 0 amide bonds. The third-order valence-electron chi connectivity index (χ3n) is 4.65. The molecule has 0 aromatic carbocycles. The molecule has 2 heterocycles. The van der Waals surface area contributed by atoms with Gasteiger partial charge in [-0.2, -0.15) is 0 Å². The Morgan fingerprint density at radius 3 is 2.39 bits per heavy atom. The Bertz CT molecular complexity index is 534. The third-order valence-corrected chi connectivity index (χ3v) is 8.09. The molecule has 0 radical (unpaired) electrons. The molecular formula is C18H35O8PS. The zero-order chi connectivity index (χ0) is 21.1. The second-order valence-electron chi connectivity index (χ2n) is 8.03. The Hall–Kier alpha value is 0.300. The van der Waals surface area contributed by atoms with Crippen molar-refractivity contribution in [1.82, 2.24) is 0 Å². The summed E-state index contributed by atoms with van der Waals surface area (Å²) < 4.78 is 40.8. The predicted octanol–water partition coefficient (Wildman–Crippen LogP) is 2.75. The van der Waals surface area contributed by atoms with Crippen molar-refractivity contribution in [3.8, 4) is 0 Å². The van der Waals surface area contributed by atoms with Crippen molar-refractivity contribution in [2.75, 3.05) is 13.2 Å². The average Bonchev–Trinajstić information content (AvgIpc) is 3.04. The predicted molar refractivity (Wildman–Crippen MR) is 108 cm³/mol. The van der Waals surface area contributed by atoms with E-state index in [1.807, 2.05) is 34.6 Å². The van der Waals surface area contributed by atoms with Crippen molar-refractivity contribution < 1.29 is 38.0 Å². The third kappa shape index (κ3) is 7.22. The van der Waals surface area contributed by atoms with Crippen LogP contribution in [0.4, 0.5) is 0 Å². The van der Waals surface area contributed by atoms with Gasteiger partial charge in [-0.25, -0.2) is 4.57 Å². The molecule has 0 aromatic heterocycles. The Kier molecular flexibility index (Phi) is 9.26. The van der Waals surface area contributed by atoms with Gasteiger partial charge in [-0.1, -0.05) is 0 Å². The lowest BCUT2D eigenvalue weighted by atomic mass is 10.1. The van der Waals surface area contributed by atoms with E-state index in [4.69, 9.17) is 23.5 Å². The van der Waals surface area contributed by atoms with Crippen LogP contribution < -0.4 is 0 Å². The summed E-state index contributed by atoms with van der Waals surface area (Å²) in [6, 6.07) is 0. The van der Waals surface area contributed by atoms with Crippen LogP contribution in [-0.2, 0) is 28.0 Å². The van der Waals surface area contributed by atoms with Gasteiger partial charge in [0, 0.05) is 5.25 Å². The van der Waals surface area contributed by atoms with Crippen LogP contribution in [0.25, 0.3) is 0 Å². The maximum atomic E-state index is 12.6. The van der Waals surface area contributed by atoms with Gasteiger partial charge in [-0.3, -0.25) is 4.52 Å². The molecule has 0 saturated carbocycles. The zero-order valence-electron chi connectivity index (χ0n) is 17.5. The van der Waals surface area contributed by atoms with Gasteiger partial charge < -0.3 is 28.9 Å². The van der Waals surface area contributed by atoms with E-state index in [1.54, 1.807) is 6.92 Å². The number of ether oxygens (including phenoxy) is 4. The van der Waals surface area contributed by atoms with Gasteiger partial charge in [0.05, 0.1) is 43.7 Å². The van der Waals surface area contributed by atoms with Crippen LogP contribution >= 0.6 is 18.2 Å². The first-order chi connectivity index (χ1) is 13.0. The topological polar surface area (TPSA) is 104 Å². The highest BCUT2D eigenvalue weighted by molar-refractivity contribution is 8.55. The highest BCUT2D eigenvalue weighted by atomic mass is 32.7. The van der Waals surface area contributed by atoms with E-state index in [2.05, 4.69) is 0 Å². The molecule has 166 valence electrons. The summed E-state index contributed by atoms with van der Waals surface area (Å²) in [5, 5.41) is 10.0. The molecule has 0 bridgehead atoms. The van der Waals surface area contributed by atoms with E-state index in [0.29, 0.717) is 13.0 Å². The van der Waals surface area contributed by atoms with E-state index in [-0.39, 0.29) is 36.3 Å². The molecule has 2 rings (SSSR count). The van der Waals surface area contributed by atoms with Gasteiger partial charge in [-0.15, -0.1) is 0 Å². The first kappa shape index (κ1) is 24.6. The van der Waals surface area contributed by atoms with Crippen molar-refractivity contribution in [3.63, 3.8) is 0 Å².